The third-order valence-electron chi connectivity index (χ3n) is 5.63. The van der Waals surface area contributed by atoms with E-state index in [9.17, 15) is 9.59 Å². The number of carbonyl (C=O) groups excluding carboxylic acids is 2. The highest BCUT2D eigenvalue weighted by Crippen LogP contribution is 2.56. The molecule has 4 atom stereocenters. The Hall–Kier alpha value is -1.58. The quantitative estimate of drug-likeness (QED) is 0.629. The third-order valence-corrected chi connectivity index (χ3v) is 5.63. The summed E-state index contributed by atoms with van der Waals surface area (Å²) in [5.41, 5.74) is -1.95. The van der Waals surface area contributed by atoms with Crippen LogP contribution in [0, 0.1) is 10.8 Å². The summed E-state index contributed by atoms with van der Waals surface area (Å²) in [6.45, 7) is 7.90. The second-order valence-electron chi connectivity index (χ2n) is 6.95. The predicted octanol–water partition coefficient (Wildman–Crippen LogP) is 4.34. The lowest BCUT2D eigenvalue weighted by Gasteiger charge is -2.45. The van der Waals surface area contributed by atoms with Gasteiger partial charge in [-0.05, 0) is 38.8 Å². The normalized spacial score (nSPS) is 34.2. The lowest BCUT2D eigenvalue weighted by atomic mass is 9.54. The number of ether oxygens (including phenoxy) is 2. The number of rotatable bonds is 9. The molecule has 4 unspecified atom stereocenters. The molecule has 0 bridgehead atoms. The van der Waals surface area contributed by atoms with Gasteiger partial charge in [0, 0.05) is 12.8 Å². The monoisotopic (exact) mass is 334 g/mol. The maximum atomic E-state index is 13.3. The average Bonchev–Trinajstić information content (AvgIpc) is 3.14. The van der Waals surface area contributed by atoms with E-state index in [1.807, 2.05) is 26.0 Å². The van der Waals surface area contributed by atoms with Crippen molar-refractivity contribution in [2.24, 2.45) is 10.8 Å². The summed E-state index contributed by atoms with van der Waals surface area (Å²) in [6, 6.07) is 0. The lowest BCUT2D eigenvalue weighted by Crippen LogP contribution is -2.58. The molecule has 0 N–H and O–H groups in total. The van der Waals surface area contributed by atoms with Crippen LogP contribution in [0.1, 0.15) is 66.2 Å². The van der Waals surface area contributed by atoms with Gasteiger partial charge in [-0.1, -0.05) is 26.7 Å². The summed E-state index contributed by atoms with van der Waals surface area (Å²) in [5, 5.41) is 0. The minimum Gasteiger partial charge on any atom is -0.497 e. The Bertz CT molecular complexity index is 488. The molecule has 0 spiro atoms. The van der Waals surface area contributed by atoms with E-state index in [2.05, 4.69) is 13.8 Å². The standard InChI is InChI=1S/C20H30O4/c1-5-7-9-17(21)19(11-13-23-15(19)3)20(12-14-24-16(20)4)18(22)10-8-6-2/h11-16H,5-10H2,1-4H3. The van der Waals surface area contributed by atoms with Crippen molar-refractivity contribution >= 4 is 11.6 Å². The highest BCUT2D eigenvalue weighted by molar-refractivity contribution is 5.99. The zero-order chi connectivity index (χ0) is 17.8. The Balaban J connectivity index is 2.51. The first kappa shape index (κ1) is 18.8. The van der Waals surface area contributed by atoms with Crippen LogP contribution in [-0.2, 0) is 19.1 Å². The summed E-state index contributed by atoms with van der Waals surface area (Å²) in [7, 11) is 0. The molecule has 0 fully saturated rings. The minimum atomic E-state index is -0.973. The number of hydrogen-bond donors (Lipinski definition) is 0. The van der Waals surface area contributed by atoms with Gasteiger partial charge in [0.2, 0.25) is 0 Å². The van der Waals surface area contributed by atoms with Gasteiger partial charge in [-0.3, -0.25) is 9.59 Å². The molecule has 0 aromatic heterocycles. The van der Waals surface area contributed by atoms with Gasteiger partial charge < -0.3 is 9.47 Å². The molecule has 4 heteroatoms. The average molecular weight is 334 g/mol. The highest BCUT2D eigenvalue weighted by atomic mass is 16.5. The summed E-state index contributed by atoms with van der Waals surface area (Å²) in [5.74, 6) is 0.162. The molecule has 4 nitrogen and oxygen atoms in total. The predicted molar refractivity (Wildman–Crippen MR) is 93.3 cm³/mol. The lowest BCUT2D eigenvalue weighted by molar-refractivity contribution is -0.154. The van der Waals surface area contributed by atoms with Crippen molar-refractivity contribution in [1.82, 2.24) is 0 Å². The molecule has 0 aromatic rings. The molecule has 0 saturated carbocycles. The number of ketones is 2. The number of hydrogen-bond acceptors (Lipinski definition) is 4. The fraction of sp³-hybridized carbons (Fsp3) is 0.700. The molecule has 0 radical (unpaired) electrons. The first-order valence-corrected chi connectivity index (χ1v) is 9.20. The fourth-order valence-corrected chi connectivity index (χ4v) is 4.15. The summed E-state index contributed by atoms with van der Waals surface area (Å²) >= 11 is 0. The van der Waals surface area contributed by atoms with E-state index in [0.717, 1.165) is 25.7 Å². The molecule has 24 heavy (non-hydrogen) atoms. The van der Waals surface area contributed by atoms with Crippen LogP contribution in [0.3, 0.4) is 0 Å². The SMILES string of the molecule is CCCCC(=O)C1(C2(C(=O)CCCC)C=COC2C)C=COC1C. The molecule has 2 aliphatic rings. The smallest absolute Gasteiger partial charge is 0.148 e. The van der Waals surface area contributed by atoms with Crippen LogP contribution < -0.4 is 0 Å². The van der Waals surface area contributed by atoms with E-state index in [1.54, 1.807) is 12.5 Å². The molecule has 2 rings (SSSR count). The molecule has 2 heterocycles. The van der Waals surface area contributed by atoms with Gasteiger partial charge in [0.1, 0.15) is 34.6 Å². The second kappa shape index (κ2) is 7.54. The maximum absolute atomic E-state index is 13.3. The zero-order valence-corrected chi connectivity index (χ0v) is 15.3. The van der Waals surface area contributed by atoms with Gasteiger partial charge in [-0.15, -0.1) is 0 Å². The summed E-state index contributed by atoms with van der Waals surface area (Å²) in [6.07, 6.45) is 10.5. The van der Waals surface area contributed by atoms with Crippen LogP contribution in [0.15, 0.2) is 24.7 Å². The highest BCUT2D eigenvalue weighted by Gasteiger charge is 2.66. The van der Waals surface area contributed by atoms with Crippen LogP contribution >= 0.6 is 0 Å². The third kappa shape index (κ3) is 2.70. The second-order valence-corrected chi connectivity index (χ2v) is 6.95. The Morgan fingerprint density at radius 2 is 1.21 bits per heavy atom. The van der Waals surface area contributed by atoms with Gasteiger partial charge >= 0.3 is 0 Å². The zero-order valence-electron chi connectivity index (χ0n) is 15.3. The first-order chi connectivity index (χ1) is 11.5. The van der Waals surface area contributed by atoms with E-state index in [1.165, 1.54) is 0 Å². The van der Waals surface area contributed by atoms with Crippen molar-refractivity contribution in [2.45, 2.75) is 78.4 Å². The molecule has 0 amide bonds. The van der Waals surface area contributed by atoms with Crippen molar-refractivity contribution in [3.63, 3.8) is 0 Å². The van der Waals surface area contributed by atoms with Gasteiger partial charge in [0.25, 0.3) is 0 Å². The number of unbranched alkanes of at least 4 members (excludes halogenated alkanes) is 2. The van der Waals surface area contributed by atoms with Crippen LogP contribution in [0.2, 0.25) is 0 Å². The summed E-state index contributed by atoms with van der Waals surface area (Å²) < 4.78 is 11.3. The molecule has 2 aliphatic heterocycles. The largest absolute Gasteiger partial charge is 0.497 e. The number of Topliss-reactive ketones (excluding diaryl/α,β-unsaturated/α-hetero) is 2. The van der Waals surface area contributed by atoms with Crippen molar-refractivity contribution in [2.75, 3.05) is 0 Å². The van der Waals surface area contributed by atoms with Crippen molar-refractivity contribution in [1.29, 1.82) is 0 Å². The van der Waals surface area contributed by atoms with Gasteiger partial charge in [0.05, 0.1) is 12.5 Å². The van der Waals surface area contributed by atoms with E-state index >= 15 is 0 Å². The van der Waals surface area contributed by atoms with Crippen molar-refractivity contribution in [3.8, 4) is 0 Å². The topological polar surface area (TPSA) is 52.6 Å². The van der Waals surface area contributed by atoms with E-state index in [4.69, 9.17) is 9.47 Å². The van der Waals surface area contributed by atoms with E-state index < -0.39 is 10.8 Å². The molecule has 0 aromatic carbocycles. The molecule has 0 aliphatic carbocycles. The Morgan fingerprint density at radius 3 is 1.46 bits per heavy atom. The van der Waals surface area contributed by atoms with Gasteiger partial charge in [0.15, 0.2) is 0 Å². The summed E-state index contributed by atoms with van der Waals surface area (Å²) in [4.78, 5) is 26.6. The molecular weight excluding hydrogens is 304 g/mol. The first-order valence-electron chi connectivity index (χ1n) is 9.20. The van der Waals surface area contributed by atoms with E-state index in [-0.39, 0.29) is 23.8 Å². The van der Waals surface area contributed by atoms with Crippen molar-refractivity contribution < 1.29 is 19.1 Å². The van der Waals surface area contributed by atoms with Gasteiger partial charge in [-0.2, -0.15) is 0 Å². The minimum absolute atomic E-state index is 0.0810. The molecule has 0 saturated heterocycles. The van der Waals surface area contributed by atoms with Crippen LogP contribution in [0.25, 0.3) is 0 Å². The fourth-order valence-electron chi connectivity index (χ4n) is 4.15. The Kier molecular flexibility index (Phi) is 5.89. The van der Waals surface area contributed by atoms with Gasteiger partial charge in [-0.25, -0.2) is 0 Å². The number of carbonyl (C=O) groups is 2. The molecule has 134 valence electrons. The Labute approximate surface area is 145 Å². The van der Waals surface area contributed by atoms with Crippen LogP contribution in [0.5, 0.6) is 0 Å². The van der Waals surface area contributed by atoms with E-state index in [0.29, 0.717) is 12.8 Å². The van der Waals surface area contributed by atoms with Crippen LogP contribution in [-0.4, -0.2) is 23.8 Å². The van der Waals surface area contributed by atoms with Crippen LogP contribution in [0.4, 0.5) is 0 Å². The van der Waals surface area contributed by atoms with Crippen molar-refractivity contribution in [3.05, 3.63) is 24.7 Å². The maximum Gasteiger partial charge on any atom is 0.148 e. The molecular formula is C20H30O4. The Morgan fingerprint density at radius 1 is 0.833 bits per heavy atom.